The second kappa shape index (κ2) is 9.51. The molecule has 0 radical (unpaired) electrons. The highest BCUT2D eigenvalue weighted by Crippen LogP contribution is 2.33. The minimum absolute atomic E-state index is 0.0508. The molecule has 4 aromatic carbocycles. The highest BCUT2D eigenvalue weighted by molar-refractivity contribution is 7.91. The van der Waals surface area contributed by atoms with E-state index in [0.29, 0.717) is 16.4 Å². The van der Waals surface area contributed by atoms with Crippen molar-refractivity contribution in [2.24, 2.45) is 0 Å². The highest BCUT2D eigenvalue weighted by atomic mass is 32.2. The Labute approximate surface area is 202 Å². The molecule has 5 heteroatoms. The standard InChI is InChI=1S/C29H30O4S/c1-5-29(3,6-2)23-9-15-27(16-10-23)34(30,31)28-17-13-24(14-18-28)33-26-12-8-21-7-11-25(32-4)19-22(21)20-26/h7-20H,5-6H2,1-4H3. The van der Waals surface area contributed by atoms with Crippen LogP contribution in [0.15, 0.2) is 94.7 Å². The third-order valence-electron chi connectivity index (χ3n) is 6.81. The molecule has 0 N–H and O–H groups in total. The van der Waals surface area contributed by atoms with Crippen molar-refractivity contribution in [3.8, 4) is 17.2 Å². The Morgan fingerprint density at radius 1 is 0.676 bits per heavy atom. The van der Waals surface area contributed by atoms with Gasteiger partial charge in [-0.05, 0) is 95.3 Å². The zero-order valence-electron chi connectivity index (χ0n) is 20.0. The van der Waals surface area contributed by atoms with Crippen LogP contribution in [0.25, 0.3) is 10.8 Å². The predicted molar refractivity (Wildman–Crippen MR) is 137 cm³/mol. The van der Waals surface area contributed by atoms with Crippen molar-refractivity contribution in [1.82, 2.24) is 0 Å². The summed E-state index contributed by atoms with van der Waals surface area (Å²) in [6.07, 6.45) is 2.00. The molecular weight excluding hydrogens is 444 g/mol. The fraction of sp³-hybridized carbons (Fsp3) is 0.241. The van der Waals surface area contributed by atoms with Crippen molar-refractivity contribution in [3.63, 3.8) is 0 Å². The van der Waals surface area contributed by atoms with Gasteiger partial charge >= 0.3 is 0 Å². The van der Waals surface area contributed by atoms with Gasteiger partial charge in [0.2, 0.25) is 9.84 Å². The molecule has 0 saturated heterocycles. The highest BCUT2D eigenvalue weighted by Gasteiger charge is 2.24. The van der Waals surface area contributed by atoms with Gasteiger partial charge in [-0.25, -0.2) is 8.42 Å². The van der Waals surface area contributed by atoms with E-state index in [4.69, 9.17) is 9.47 Å². The Morgan fingerprint density at radius 3 is 1.74 bits per heavy atom. The maximum absolute atomic E-state index is 13.2. The average molecular weight is 475 g/mol. The summed E-state index contributed by atoms with van der Waals surface area (Å²) in [6.45, 7) is 6.53. The van der Waals surface area contributed by atoms with Gasteiger partial charge in [0.05, 0.1) is 16.9 Å². The van der Waals surface area contributed by atoms with Gasteiger partial charge in [-0.1, -0.05) is 45.0 Å². The third kappa shape index (κ3) is 4.66. The minimum atomic E-state index is -3.61. The SMILES string of the molecule is CCC(C)(CC)c1ccc(S(=O)(=O)c2ccc(Oc3ccc4ccc(OC)cc4c3)cc2)cc1. The zero-order valence-corrected chi connectivity index (χ0v) is 20.9. The van der Waals surface area contributed by atoms with E-state index in [1.54, 1.807) is 43.5 Å². The first-order valence-electron chi connectivity index (χ1n) is 11.5. The van der Waals surface area contributed by atoms with Crippen LogP contribution in [-0.2, 0) is 15.3 Å². The van der Waals surface area contributed by atoms with Gasteiger partial charge in [-0.2, -0.15) is 0 Å². The van der Waals surface area contributed by atoms with Crippen molar-refractivity contribution in [2.45, 2.75) is 48.8 Å². The molecule has 0 saturated carbocycles. The maximum Gasteiger partial charge on any atom is 0.206 e. The zero-order chi connectivity index (χ0) is 24.3. The van der Waals surface area contributed by atoms with E-state index in [1.807, 2.05) is 48.5 Å². The van der Waals surface area contributed by atoms with Gasteiger partial charge in [0.1, 0.15) is 17.2 Å². The lowest BCUT2D eigenvalue weighted by atomic mass is 9.78. The molecule has 0 unspecified atom stereocenters. The fourth-order valence-electron chi connectivity index (χ4n) is 4.05. The van der Waals surface area contributed by atoms with Crippen LogP contribution in [0, 0.1) is 0 Å². The van der Waals surface area contributed by atoms with Crippen LogP contribution < -0.4 is 9.47 Å². The van der Waals surface area contributed by atoms with Crippen molar-refractivity contribution >= 4 is 20.6 Å². The van der Waals surface area contributed by atoms with Crippen LogP contribution in [0.2, 0.25) is 0 Å². The Hall–Kier alpha value is -3.31. The molecule has 0 atom stereocenters. The monoisotopic (exact) mass is 474 g/mol. The lowest BCUT2D eigenvalue weighted by Crippen LogP contribution is -2.19. The molecule has 4 aromatic rings. The molecule has 0 aliphatic rings. The van der Waals surface area contributed by atoms with Crippen LogP contribution in [0.5, 0.6) is 17.2 Å². The van der Waals surface area contributed by atoms with Crippen molar-refractivity contribution in [1.29, 1.82) is 0 Å². The lowest BCUT2D eigenvalue weighted by Gasteiger charge is -2.27. The van der Waals surface area contributed by atoms with Crippen LogP contribution in [0.1, 0.15) is 39.2 Å². The molecule has 0 aromatic heterocycles. The summed E-state index contributed by atoms with van der Waals surface area (Å²) in [4.78, 5) is 0.535. The third-order valence-corrected chi connectivity index (χ3v) is 8.60. The number of rotatable bonds is 8. The number of ether oxygens (including phenoxy) is 2. The van der Waals surface area contributed by atoms with E-state index < -0.39 is 9.84 Å². The van der Waals surface area contributed by atoms with Gasteiger partial charge in [-0.15, -0.1) is 0 Å². The fourth-order valence-corrected chi connectivity index (χ4v) is 5.31. The first-order valence-corrected chi connectivity index (χ1v) is 13.0. The molecule has 0 fully saturated rings. The molecule has 0 bridgehead atoms. The summed E-state index contributed by atoms with van der Waals surface area (Å²) in [7, 11) is -1.97. The van der Waals surface area contributed by atoms with E-state index in [1.165, 1.54) is 0 Å². The van der Waals surface area contributed by atoms with E-state index in [-0.39, 0.29) is 10.3 Å². The molecule has 0 amide bonds. The van der Waals surface area contributed by atoms with E-state index in [0.717, 1.165) is 34.9 Å². The van der Waals surface area contributed by atoms with Gasteiger partial charge < -0.3 is 9.47 Å². The van der Waals surface area contributed by atoms with Gasteiger partial charge in [0, 0.05) is 0 Å². The van der Waals surface area contributed by atoms with Crippen LogP contribution in [-0.4, -0.2) is 15.5 Å². The number of hydrogen-bond acceptors (Lipinski definition) is 4. The molecule has 4 nitrogen and oxygen atoms in total. The number of fused-ring (bicyclic) bond motifs is 1. The number of sulfone groups is 1. The number of methoxy groups -OCH3 is 1. The Kier molecular flexibility index (Phi) is 6.67. The molecule has 0 spiro atoms. The molecule has 176 valence electrons. The van der Waals surface area contributed by atoms with Crippen LogP contribution >= 0.6 is 0 Å². The number of benzene rings is 4. The smallest absolute Gasteiger partial charge is 0.206 e. The maximum atomic E-state index is 13.2. The summed E-state index contributed by atoms with van der Waals surface area (Å²) in [5.41, 5.74) is 1.21. The van der Waals surface area contributed by atoms with Gasteiger partial charge in [0.15, 0.2) is 0 Å². The minimum Gasteiger partial charge on any atom is -0.497 e. The second-order valence-corrected chi connectivity index (χ2v) is 10.7. The van der Waals surface area contributed by atoms with Crippen molar-refractivity contribution in [2.75, 3.05) is 7.11 Å². The summed E-state index contributed by atoms with van der Waals surface area (Å²) in [6, 6.07) is 25.5. The van der Waals surface area contributed by atoms with Crippen molar-refractivity contribution < 1.29 is 17.9 Å². The van der Waals surface area contributed by atoms with Crippen molar-refractivity contribution in [3.05, 3.63) is 90.5 Å². The quantitative estimate of drug-likeness (QED) is 0.264. The van der Waals surface area contributed by atoms with E-state index >= 15 is 0 Å². The normalized spacial score (nSPS) is 12.0. The first-order chi connectivity index (χ1) is 16.3. The summed E-state index contributed by atoms with van der Waals surface area (Å²) < 4.78 is 37.6. The Morgan fingerprint density at radius 2 is 1.18 bits per heavy atom. The number of hydrogen-bond donors (Lipinski definition) is 0. The van der Waals surface area contributed by atoms with E-state index in [9.17, 15) is 8.42 Å². The van der Waals surface area contributed by atoms with E-state index in [2.05, 4.69) is 20.8 Å². The lowest BCUT2D eigenvalue weighted by molar-refractivity contribution is 0.415. The summed E-state index contributed by atoms with van der Waals surface area (Å²) in [5.74, 6) is 2.02. The molecule has 34 heavy (non-hydrogen) atoms. The molecule has 4 rings (SSSR count). The predicted octanol–water partition coefficient (Wildman–Crippen LogP) is 7.55. The largest absolute Gasteiger partial charge is 0.497 e. The Balaban J connectivity index is 1.54. The van der Waals surface area contributed by atoms with Gasteiger partial charge in [-0.3, -0.25) is 0 Å². The second-order valence-electron chi connectivity index (χ2n) is 8.74. The average Bonchev–Trinajstić information content (AvgIpc) is 2.88. The van der Waals surface area contributed by atoms with Crippen LogP contribution in [0.4, 0.5) is 0 Å². The van der Waals surface area contributed by atoms with Crippen LogP contribution in [0.3, 0.4) is 0 Å². The summed E-state index contributed by atoms with van der Waals surface area (Å²) in [5, 5.41) is 2.08. The molecule has 0 heterocycles. The molecule has 0 aliphatic carbocycles. The molecule has 0 aliphatic heterocycles. The van der Waals surface area contributed by atoms with Gasteiger partial charge in [0.25, 0.3) is 0 Å². The Bertz CT molecular complexity index is 1380. The topological polar surface area (TPSA) is 52.6 Å². The molecular formula is C29H30O4S. The summed E-state index contributed by atoms with van der Waals surface area (Å²) >= 11 is 0. The first kappa shape index (κ1) is 23.8.